The number of nitrogens with one attached hydrogen (secondary N) is 1. The number of benzene rings is 1. The van der Waals surface area contributed by atoms with E-state index >= 15 is 0 Å². The Morgan fingerprint density at radius 3 is 3.11 bits per heavy atom. The minimum absolute atomic E-state index is 0.340. The number of amides is 2. The highest BCUT2D eigenvalue weighted by molar-refractivity contribution is 6.30. The van der Waals surface area contributed by atoms with Gasteiger partial charge in [-0.15, -0.1) is 0 Å². The molecule has 18 heavy (non-hydrogen) atoms. The standard InChI is InChI=1S/C13H16ClN3O/c1-2-17-8-4-7-12(17)16-13(18)15-11-6-3-5-10(14)9-11/h3,5-6,9H,2,4,7-8H2,1H3,(H,15,18)/b16-12+. The summed E-state index contributed by atoms with van der Waals surface area (Å²) in [5, 5.41) is 3.31. The molecule has 0 aliphatic carbocycles. The molecule has 0 atom stereocenters. The summed E-state index contributed by atoms with van der Waals surface area (Å²) in [7, 11) is 0. The Balaban J connectivity index is 2.02. The van der Waals surface area contributed by atoms with Crippen LogP contribution in [0.2, 0.25) is 5.02 Å². The molecule has 1 saturated heterocycles. The van der Waals surface area contributed by atoms with Crippen LogP contribution in [0.25, 0.3) is 0 Å². The largest absolute Gasteiger partial charge is 0.360 e. The van der Waals surface area contributed by atoms with Crippen molar-refractivity contribution in [1.29, 1.82) is 0 Å². The zero-order valence-electron chi connectivity index (χ0n) is 10.3. The molecular weight excluding hydrogens is 250 g/mol. The normalized spacial score (nSPS) is 17.2. The Morgan fingerprint density at radius 2 is 2.39 bits per heavy atom. The lowest BCUT2D eigenvalue weighted by Gasteiger charge is -2.15. The van der Waals surface area contributed by atoms with Gasteiger partial charge >= 0.3 is 6.03 Å². The Bertz CT molecular complexity index is 473. The molecule has 1 heterocycles. The molecule has 5 heteroatoms. The van der Waals surface area contributed by atoms with Crippen molar-refractivity contribution in [3.8, 4) is 0 Å². The van der Waals surface area contributed by atoms with E-state index in [0.29, 0.717) is 10.7 Å². The predicted octanol–water partition coefficient (Wildman–Crippen LogP) is 3.39. The van der Waals surface area contributed by atoms with E-state index in [9.17, 15) is 4.79 Å². The number of rotatable bonds is 2. The lowest BCUT2D eigenvalue weighted by Crippen LogP contribution is -2.26. The van der Waals surface area contributed by atoms with E-state index in [0.717, 1.165) is 31.8 Å². The van der Waals surface area contributed by atoms with Gasteiger partial charge in [0.2, 0.25) is 0 Å². The monoisotopic (exact) mass is 265 g/mol. The summed E-state index contributed by atoms with van der Waals surface area (Å²) in [6, 6.07) is 6.70. The molecule has 0 saturated carbocycles. The van der Waals surface area contributed by atoms with Crippen LogP contribution < -0.4 is 5.32 Å². The van der Waals surface area contributed by atoms with Crippen molar-refractivity contribution in [3.63, 3.8) is 0 Å². The van der Waals surface area contributed by atoms with Gasteiger partial charge in [0.05, 0.1) is 0 Å². The number of halogens is 1. The van der Waals surface area contributed by atoms with Crippen LogP contribution in [0.4, 0.5) is 10.5 Å². The highest BCUT2D eigenvalue weighted by Crippen LogP contribution is 2.16. The molecule has 1 aliphatic rings. The SMILES string of the molecule is CCN1CCC/C1=N\C(=O)Nc1cccc(Cl)c1. The molecule has 0 unspecified atom stereocenters. The second-order valence-corrected chi connectivity index (χ2v) is 4.59. The van der Waals surface area contributed by atoms with E-state index in [-0.39, 0.29) is 6.03 Å². The number of carbonyl (C=O) groups excluding carboxylic acids is 1. The van der Waals surface area contributed by atoms with Crippen molar-refractivity contribution in [2.45, 2.75) is 19.8 Å². The molecule has 0 radical (unpaired) electrons. The number of carbonyl (C=O) groups is 1. The summed E-state index contributed by atoms with van der Waals surface area (Å²) < 4.78 is 0. The van der Waals surface area contributed by atoms with Gasteiger partial charge < -0.3 is 10.2 Å². The first-order valence-corrected chi connectivity index (χ1v) is 6.46. The van der Waals surface area contributed by atoms with Gasteiger partial charge in [0.25, 0.3) is 0 Å². The van der Waals surface area contributed by atoms with Crippen molar-refractivity contribution in [2.75, 3.05) is 18.4 Å². The fraction of sp³-hybridized carbons (Fsp3) is 0.385. The molecule has 2 rings (SSSR count). The molecule has 2 amide bonds. The van der Waals surface area contributed by atoms with Crippen LogP contribution in [0.15, 0.2) is 29.3 Å². The average Bonchev–Trinajstić information content (AvgIpc) is 2.76. The van der Waals surface area contributed by atoms with Crippen LogP contribution in [0, 0.1) is 0 Å². The quantitative estimate of drug-likeness (QED) is 0.891. The number of anilines is 1. The van der Waals surface area contributed by atoms with Gasteiger partial charge in [-0.25, -0.2) is 4.79 Å². The van der Waals surface area contributed by atoms with Crippen LogP contribution in [-0.4, -0.2) is 29.9 Å². The molecule has 0 spiro atoms. The van der Waals surface area contributed by atoms with Crippen LogP contribution in [-0.2, 0) is 0 Å². The number of hydrogen-bond acceptors (Lipinski definition) is 1. The first-order valence-electron chi connectivity index (χ1n) is 6.08. The molecule has 1 aliphatic heterocycles. The molecule has 4 nitrogen and oxygen atoms in total. The van der Waals surface area contributed by atoms with Crippen molar-refractivity contribution >= 4 is 29.2 Å². The van der Waals surface area contributed by atoms with Gasteiger partial charge in [0.1, 0.15) is 5.84 Å². The average molecular weight is 266 g/mol. The summed E-state index contributed by atoms with van der Waals surface area (Å²) in [4.78, 5) is 18.0. The molecule has 0 aromatic heterocycles. The number of urea groups is 1. The number of likely N-dealkylation sites (tertiary alicyclic amines) is 1. The molecular formula is C13H16ClN3O. The van der Waals surface area contributed by atoms with E-state index in [1.54, 1.807) is 24.3 Å². The predicted molar refractivity (Wildman–Crippen MR) is 74.4 cm³/mol. The van der Waals surface area contributed by atoms with E-state index in [2.05, 4.69) is 22.1 Å². The smallest absolute Gasteiger partial charge is 0.347 e. The molecule has 1 aromatic rings. The fourth-order valence-electron chi connectivity index (χ4n) is 2.02. The van der Waals surface area contributed by atoms with Crippen molar-refractivity contribution in [1.82, 2.24) is 4.90 Å². The maximum Gasteiger partial charge on any atom is 0.347 e. The topological polar surface area (TPSA) is 44.7 Å². The minimum Gasteiger partial charge on any atom is -0.360 e. The second kappa shape index (κ2) is 5.87. The van der Waals surface area contributed by atoms with Gasteiger partial charge in [-0.3, -0.25) is 0 Å². The van der Waals surface area contributed by atoms with E-state index in [1.807, 2.05) is 0 Å². The molecule has 1 fully saturated rings. The van der Waals surface area contributed by atoms with E-state index < -0.39 is 0 Å². The van der Waals surface area contributed by atoms with Crippen LogP contribution >= 0.6 is 11.6 Å². The third kappa shape index (κ3) is 3.23. The second-order valence-electron chi connectivity index (χ2n) is 4.15. The van der Waals surface area contributed by atoms with Crippen molar-refractivity contribution in [3.05, 3.63) is 29.3 Å². The minimum atomic E-state index is -0.340. The summed E-state index contributed by atoms with van der Waals surface area (Å²) in [5.41, 5.74) is 0.665. The Hall–Kier alpha value is -1.55. The summed E-state index contributed by atoms with van der Waals surface area (Å²) >= 11 is 5.85. The molecule has 0 bridgehead atoms. The van der Waals surface area contributed by atoms with Gasteiger partial charge in [0.15, 0.2) is 0 Å². The van der Waals surface area contributed by atoms with Gasteiger partial charge in [-0.05, 0) is 31.5 Å². The van der Waals surface area contributed by atoms with Gasteiger partial charge in [-0.2, -0.15) is 4.99 Å². The van der Waals surface area contributed by atoms with E-state index in [4.69, 9.17) is 11.6 Å². The molecule has 1 N–H and O–H groups in total. The lowest BCUT2D eigenvalue weighted by molar-refractivity contribution is 0.259. The van der Waals surface area contributed by atoms with Crippen molar-refractivity contribution < 1.29 is 4.79 Å². The number of nitrogens with zero attached hydrogens (tertiary/aromatic N) is 2. The summed E-state index contributed by atoms with van der Waals surface area (Å²) in [6.07, 6.45) is 1.94. The fourth-order valence-corrected chi connectivity index (χ4v) is 2.21. The highest BCUT2D eigenvalue weighted by Gasteiger charge is 2.17. The maximum atomic E-state index is 11.8. The number of amidine groups is 1. The Morgan fingerprint density at radius 1 is 1.56 bits per heavy atom. The lowest BCUT2D eigenvalue weighted by atomic mass is 10.3. The first kappa shape index (κ1) is 12.9. The van der Waals surface area contributed by atoms with Crippen molar-refractivity contribution in [2.24, 2.45) is 4.99 Å². The zero-order valence-corrected chi connectivity index (χ0v) is 11.1. The summed E-state index contributed by atoms with van der Waals surface area (Å²) in [5.74, 6) is 0.872. The molecule has 96 valence electrons. The Kier molecular flexibility index (Phi) is 4.20. The van der Waals surface area contributed by atoms with E-state index in [1.165, 1.54) is 0 Å². The molecule has 1 aromatic carbocycles. The third-order valence-electron chi connectivity index (χ3n) is 2.88. The Labute approximate surface area is 112 Å². The number of hydrogen-bond donors (Lipinski definition) is 1. The van der Waals surface area contributed by atoms with Gasteiger partial charge in [-0.1, -0.05) is 17.7 Å². The van der Waals surface area contributed by atoms with Crippen LogP contribution in [0.5, 0.6) is 0 Å². The first-order chi connectivity index (χ1) is 8.69. The number of aliphatic imine (C=N–C) groups is 1. The highest BCUT2D eigenvalue weighted by atomic mass is 35.5. The maximum absolute atomic E-state index is 11.8. The zero-order chi connectivity index (χ0) is 13.0. The van der Waals surface area contributed by atoms with Crippen LogP contribution in [0.1, 0.15) is 19.8 Å². The van der Waals surface area contributed by atoms with Gasteiger partial charge in [0, 0.05) is 30.2 Å². The van der Waals surface area contributed by atoms with Crippen LogP contribution in [0.3, 0.4) is 0 Å². The third-order valence-corrected chi connectivity index (χ3v) is 3.12. The summed E-state index contributed by atoms with van der Waals surface area (Å²) in [6.45, 7) is 3.94.